The number of hydrogen-bond acceptors (Lipinski definition) is 1. The summed E-state index contributed by atoms with van der Waals surface area (Å²) in [7, 11) is 0. The van der Waals surface area contributed by atoms with Crippen LogP contribution in [0.5, 0.6) is 0 Å². The summed E-state index contributed by atoms with van der Waals surface area (Å²) in [6.07, 6.45) is 0. The van der Waals surface area contributed by atoms with Crippen LogP contribution >= 0.6 is 0 Å². The Morgan fingerprint density at radius 2 is 0.815 bits per heavy atom. The summed E-state index contributed by atoms with van der Waals surface area (Å²) in [4.78, 5) is 2.46. The molecule has 0 saturated carbocycles. The average Bonchev–Trinajstić information content (AvgIpc) is 3.57. The van der Waals surface area contributed by atoms with Gasteiger partial charge in [0, 0.05) is 16.9 Å². The third-order valence-corrected chi connectivity index (χ3v) is 11.1. The molecule has 1 nitrogen and oxygen atoms in total. The minimum Gasteiger partial charge on any atom is -0.310 e. The molecular weight excluding hydrogens is 651 g/mol. The molecule has 10 rings (SSSR count). The maximum Gasteiger partial charge on any atom is 0.0714 e. The highest BCUT2D eigenvalue weighted by Gasteiger charge is 2.47. The third kappa shape index (κ3) is 5.09. The first kappa shape index (κ1) is 31.7. The van der Waals surface area contributed by atoms with Crippen molar-refractivity contribution >= 4 is 27.8 Å². The Morgan fingerprint density at radius 1 is 0.315 bits per heavy atom. The lowest BCUT2D eigenvalue weighted by Gasteiger charge is -2.34. The van der Waals surface area contributed by atoms with Crippen LogP contribution in [0.1, 0.15) is 22.3 Å². The molecule has 0 aromatic heterocycles. The van der Waals surface area contributed by atoms with E-state index in [0.717, 1.165) is 17.1 Å². The summed E-state index contributed by atoms with van der Waals surface area (Å²) in [5.41, 5.74) is 15.4. The first-order valence-corrected chi connectivity index (χ1v) is 18.7. The molecule has 0 unspecified atom stereocenters. The number of anilines is 3. The Hall–Kier alpha value is -6.96. The van der Waals surface area contributed by atoms with Crippen LogP contribution in [0.3, 0.4) is 0 Å². The van der Waals surface area contributed by atoms with Crippen LogP contribution in [-0.2, 0) is 5.41 Å². The van der Waals surface area contributed by atoms with Gasteiger partial charge in [0.1, 0.15) is 0 Å². The van der Waals surface area contributed by atoms with Gasteiger partial charge in [0.2, 0.25) is 0 Å². The molecule has 0 fully saturated rings. The van der Waals surface area contributed by atoms with E-state index in [0.29, 0.717) is 0 Å². The Labute approximate surface area is 317 Å². The normalized spacial score (nSPS) is 12.6. The molecule has 9 aromatic rings. The number of benzene rings is 9. The second kappa shape index (κ2) is 13.2. The van der Waals surface area contributed by atoms with Crippen molar-refractivity contribution in [2.24, 2.45) is 0 Å². The van der Waals surface area contributed by atoms with E-state index in [2.05, 4.69) is 229 Å². The quantitative estimate of drug-likeness (QED) is 0.161. The zero-order valence-corrected chi connectivity index (χ0v) is 29.8. The Balaban J connectivity index is 1.21. The molecule has 0 amide bonds. The minimum absolute atomic E-state index is 0.482. The van der Waals surface area contributed by atoms with Gasteiger partial charge in [-0.15, -0.1) is 0 Å². The van der Waals surface area contributed by atoms with Crippen molar-refractivity contribution < 1.29 is 0 Å². The van der Waals surface area contributed by atoms with Gasteiger partial charge in [-0.2, -0.15) is 0 Å². The predicted octanol–water partition coefficient (Wildman–Crippen LogP) is 14.0. The molecule has 0 bridgehead atoms. The van der Waals surface area contributed by atoms with Gasteiger partial charge < -0.3 is 4.90 Å². The van der Waals surface area contributed by atoms with Gasteiger partial charge in [0.05, 0.1) is 11.1 Å². The molecular formula is C53H37N. The van der Waals surface area contributed by atoms with E-state index >= 15 is 0 Å². The molecule has 1 aliphatic carbocycles. The molecule has 0 N–H and O–H groups in total. The van der Waals surface area contributed by atoms with Gasteiger partial charge in [0.25, 0.3) is 0 Å². The van der Waals surface area contributed by atoms with Crippen molar-refractivity contribution in [3.8, 4) is 33.4 Å². The summed E-state index contributed by atoms with van der Waals surface area (Å²) >= 11 is 0. The SMILES string of the molecule is c1ccc(-c2ccccc2-c2ccc(N(c3ccc4ccccc4c3)c3cccc4c3-c3ccccc3C4(c3ccccc3)c3ccccc3)cc2)cc1. The fourth-order valence-electron chi connectivity index (χ4n) is 8.80. The molecule has 1 heteroatoms. The monoisotopic (exact) mass is 687 g/mol. The Kier molecular flexibility index (Phi) is 7.78. The van der Waals surface area contributed by atoms with Crippen LogP contribution in [0.2, 0.25) is 0 Å². The first-order valence-electron chi connectivity index (χ1n) is 18.7. The lowest BCUT2D eigenvalue weighted by Crippen LogP contribution is -2.28. The van der Waals surface area contributed by atoms with Crippen molar-refractivity contribution in [3.63, 3.8) is 0 Å². The van der Waals surface area contributed by atoms with Crippen LogP contribution in [0.25, 0.3) is 44.2 Å². The number of fused-ring (bicyclic) bond motifs is 4. The smallest absolute Gasteiger partial charge is 0.0714 e. The van der Waals surface area contributed by atoms with E-state index in [1.165, 1.54) is 66.4 Å². The third-order valence-electron chi connectivity index (χ3n) is 11.1. The fourth-order valence-corrected chi connectivity index (χ4v) is 8.80. The fraction of sp³-hybridized carbons (Fsp3) is 0.0189. The van der Waals surface area contributed by atoms with E-state index in [4.69, 9.17) is 0 Å². The zero-order chi connectivity index (χ0) is 35.9. The summed E-state index contributed by atoms with van der Waals surface area (Å²) < 4.78 is 0. The van der Waals surface area contributed by atoms with Crippen molar-refractivity contribution in [1.29, 1.82) is 0 Å². The molecule has 54 heavy (non-hydrogen) atoms. The van der Waals surface area contributed by atoms with Crippen LogP contribution < -0.4 is 4.90 Å². The average molecular weight is 688 g/mol. The molecule has 0 saturated heterocycles. The van der Waals surface area contributed by atoms with Gasteiger partial charge in [-0.25, -0.2) is 0 Å². The van der Waals surface area contributed by atoms with Crippen molar-refractivity contribution in [2.75, 3.05) is 4.90 Å². The highest BCUT2D eigenvalue weighted by atomic mass is 15.1. The lowest BCUT2D eigenvalue weighted by molar-refractivity contribution is 0.768. The number of hydrogen-bond donors (Lipinski definition) is 0. The molecule has 254 valence electrons. The van der Waals surface area contributed by atoms with Crippen molar-refractivity contribution in [2.45, 2.75) is 5.41 Å². The van der Waals surface area contributed by atoms with E-state index < -0.39 is 5.41 Å². The van der Waals surface area contributed by atoms with E-state index in [-0.39, 0.29) is 0 Å². The van der Waals surface area contributed by atoms with E-state index in [1.807, 2.05) is 0 Å². The highest BCUT2D eigenvalue weighted by Crippen LogP contribution is 2.59. The molecule has 0 atom stereocenters. The van der Waals surface area contributed by atoms with Gasteiger partial charge in [-0.05, 0) is 91.2 Å². The predicted molar refractivity (Wildman–Crippen MR) is 227 cm³/mol. The summed E-state index contributed by atoms with van der Waals surface area (Å²) in [6, 6.07) is 82.0. The zero-order valence-electron chi connectivity index (χ0n) is 29.8. The van der Waals surface area contributed by atoms with Crippen molar-refractivity contribution in [1.82, 2.24) is 0 Å². The Morgan fingerprint density at radius 3 is 1.48 bits per heavy atom. The molecule has 0 aliphatic heterocycles. The summed E-state index contributed by atoms with van der Waals surface area (Å²) in [5.74, 6) is 0. The Bertz CT molecular complexity index is 2710. The first-order chi connectivity index (χ1) is 26.8. The summed E-state index contributed by atoms with van der Waals surface area (Å²) in [6.45, 7) is 0. The summed E-state index contributed by atoms with van der Waals surface area (Å²) in [5, 5.41) is 2.44. The second-order valence-electron chi connectivity index (χ2n) is 14.1. The molecule has 0 radical (unpaired) electrons. The van der Waals surface area contributed by atoms with Crippen LogP contribution in [0, 0.1) is 0 Å². The molecule has 0 spiro atoms. The van der Waals surface area contributed by atoms with E-state index in [9.17, 15) is 0 Å². The van der Waals surface area contributed by atoms with E-state index in [1.54, 1.807) is 0 Å². The van der Waals surface area contributed by atoms with Crippen LogP contribution in [0.15, 0.2) is 224 Å². The maximum absolute atomic E-state index is 2.46. The topological polar surface area (TPSA) is 3.24 Å². The van der Waals surface area contributed by atoms with Crippen LogP contribution in [0.4, 0.5) is 17.1 Å². The molecule has 1 aliphatic rings. The lowest BCUT2D eigenvalue weighted by atomic mass is 9.68. The van der Waals surface area contributed by atoms with Crippen LogP contribution in [-0.4, -0.2) is 0 Å². The highest BCUT2D eigenvalue weighted by molar-refractivity contribution is 5.99. The number of nitrogens with zero attached hydrogens (tertiary/aromatic N) is 1. The van der Waals surface area contributed by atoms with Gasteiger partial charge >= 0.3 is 0 Å². The van der Waals surface area contributed by atoms with Gasteiger partial charge in [-0.3, -0.25) is 0 Å². The molecule has 9 aromatic carbocycles. The second-order valence-corrected chi connectivity index (χ2v) is 14.1. The maximum atomic E-state index is 2.46. The largest absolute Gasteiger partial charge is 0.310 e. The minimum atomic E-state index is -0.482. The number of rotatable bonds is 7. The van der Waals surface area contributed by atoms with Gasteiger partial charge in [-0.1, -0.05) is 194 Å². The standard InChI is InChI=1S/C53H37N/c1-4-18-39(19-5-1)46-25-12-13-26-47(46)40-32-34-44(35-33-40)54(45-36-31-38-17-10-11-20-41(38)37-45)51-30-16-29-50-52(51)48-27-14-15-28-49(48)53(50,42-21-6-2-7-22-42)43-23-8-3-9-24-43/h1-37H. The molecule has 0 heterocycles. The van der Waals surface area contributed by atoms with Crippen molar-refractivity contribution in [3.05, 3.63) is 247 Å². The van der Waals surface area contributed by atoms with Gasteiger partial charge in [0.15, 0.2) is 0 Å².